The highest BCUT2D eigenvalue weighted by Crippen LogP contribution is 2.24. The second-order valence-electron chi connectivity index (χ2n) is 4.83. The molecule has 5 heteroatoms. The molecule has 1 aliphatic rings. The van der Waals surface area contributed by atoms with E-state index in [1.54, 1.807) is 4.68 Å². The van der Waals surface area contributed by atoms with E-state index in [9.17, 15) is 0 Å². The number of aryl methyl sites for hydroxylation is 1. The van der Waals surface area contributed by atoms with Gasteiger partial charge in [-0.1, -0.05) is 0 Å². The molecule has 0 spiro atoms. The molecule has 2 aromatic rings. The molecule has 2 aromatic heterocycles. The van der Waals surface area contributed by atoms with Crippen LogP contribution in [-0.4, -0.2) is 32.3 Å². The van der Waals surface area contributed by atoms with Crippen LogP contribution in [0.1, 0.15) is 19.8 Å². The first-order valence-electron chi connectivity index (χ1n) is 6.33. The van der Waals surface area contributed by atoms with Crippen LogP contribution in [0.15, 0.2) is 24.7 Å². The van der Waals surface area contributed by atoms with Gasteiger partial charge in [0.05, 0.1) is 11.9 Å². The van der Waals surface area contributed by atoms with Crippen molar-refractivity contribution in [3.05, 3.63) is 24.7 Å². The lowest BCUT2D eigenvalue weighted by atomic mass is 10.2. The minimum atomic E-state index is 0.536. The lowest BCUT2D eigenvalue weighted by Crippen LogP contribution is -2.28. The van der Waals surface area contributed by atoms with Crippen LogP contribution < -0.4 is 4.90 Å². The highest BCUT2D eigenvalue weighted by molar-refractivity contribution is 5.58. The fraction of sp³-hybridized carbons (Fsp3) is 0.462. The van der Waals surface area contributed by atoms with Crippen molar-refractivity contribution in [2.24, 2.45) is 7.05 Å². The van der Waals surface area contributed by atoms with Crippen molar-refractivity contribution in [3.63, 3.8) is 0 Å². The lowest BCUT2D eigenvalue weighted by molar-refractivity contribution is 0.717. The van der Waals surface area contributed by atoms with Crippen LogP contribution in [-0.2, 0) is 7.05 Å². The molecule has 1 saturated heterocycles. The third kappa shape index (κ3) is 1.96. The zero-order valence-electron chi connectivity index (χ0n) is 10.7. The smallest absolute Gasteiger partial charge is 0.226 e. The topological polar surface area (TPSA) is 46.8 Å². The van der Waals surface area contributed by atoms with Gasteiger partial charge in [0.15, 0.2) is 0 Å². The normalized spacial score (nSPS) is 19.4. The molecule has 0 bridgehead atoms. The first kappa shape index (κ1) is 11.2. The summed E-state index contributed by atoms with van der Waals surface area (Å²) in [5, 5.41) is 4.18. The summed E-state index contributed by atoms with van der Waals surface area (Å²) >= 11 is 0. The molecule has 0 amide bonds. The first-order chi connectivity index (χ1) is 8.74. The van der Waals surface area contributed by atoms with Gasteiger partial charge in [0.2, 0.25) is 5.95 Å². The largest absolute Gasteiger partial charge is 0.338 e. The molecule has 18 heavy (non-hydrogen) atoms. The molecule has 1 aliphatic heterocycles. The molecule has 5 nitrogen and oxygen atoms in total. The summed E-state index contributed by atoms with van der Waals surface area (Å²) in [5.74, 6) is 0.835. The summed E-state index contributed by atoms with van der Waals surface area (Å²) in [6.07, 6.45) is 8.08. The van der Waals surface area contributed by atoms with Gasteiger partial charge in [-0.15, -0.1) is 0 Å². The lowest BCUT2D eigenvalue weighted by Gasteiger charge is -2.21. The molecule has 0 N–H and O–H groups in total. The monoisotopic (exact) mass is 243 g/mol. The van der Waals surface area contributed by atoms with Crippen molar-refractivity contribution in [1.29, 1.82) is 0 Å². The highest BCUT2D eigenvalue weighted by atomic mass is 15.3. The zero-order valence-corrected chi connectivity index (χ0v) is 10.7. The molecule has 1 atom stereocenters. The molecule has 94 valence electrons. The van der Waals surface area contributed by atoms with Crippen molar-refractivity contribution in [2.75, 3.05) is 11.4 Å². The molecule has 0 aliphatic carbocycles. The van der Waals surface area contributed by atoms with Gasteiger partial charge >= 0.3 is 0 Å². The van der Waals surface area contributed by atoms with Crippen LogP contribution in [0, 0.1) is 0 Å². The zero-order chi connectivity index (χ0) is 12.5. The van der Waals surface area contributed by atoms with Crippen molar-refractivity contribution in [2.45, 2.75) is 25.8 Å². The Morgan fingerprint density at radius 2 is 2.28 bits per heavy atom. The highest BCUT2D eigenvalue weighted by Gasteiger charge is 2.22. The van der Waals surface area contributed by atoms with Crippen LogP contribution in [0.3, 0.4) is 0 Å². The van der Waals surface area contributed by atoms with E-state index in [1.807, 2.05) is 31.7 Å². The Kier molecular flexibility index (Phi) is 2.74. The van der Waals surface area contributed by atoms with Crippen LogP contribution in [0.4, 0.5) is 5.95 Å². The van der Waals surface area contributed by atoms with Gasteiger partial charge in [-0.05, 0) is 25.8 Å². The van der Waals surface area contributed by atoms with Crippen molar-refractivity contribution in [1.82, 2.24) is 19.7 Å². The van der Waals surface area contributed by atoms with Crippen molar-refractivity contribution < 1.29 is 0 Å². The van der Waals surface area contributed by atoms with E-state index in [-0.39, 0.29) is 0 Å². The first-order valence-corrected chi connectivity index (χ1v) is 6.33. The van der Waals surface area contributed by atoms with E-state index in [0.717, 1.165) is 23.8 Å². The molecular weight excluding hydrogens is 226 g/mol. The summed E-state index contributed by atoms with van der Waals surface area (Å²) in [5.41, 5.74) is 1.97. The van der Waals surface area contributed by atoms with Crippen LogP contribution in [0.2, 0.25) is 0 Å². The molecular formula is C13H17N5. The average Bonchev–Trinajstić information content (AvgIpc) is 2.98. The van der Waals surface area contributed by atoms with Gasteiger partial charge in [0, 0.05) is 37.6 Å². The Hall–Kier alpha value is -1.91. The number of aromatic nitrogens is 4. The standard InChI is InChI=1S/C13H17N5/c1-10-4-3-7-18(10)13-14-6-5-12(16-13)11-8-15-17(2)9-11/h5-6,8-10H,3-4,7H2,1-2H3. The summed E-state index contributed by atoms with van der Waals surface area (Å²) < 4.78 is 1.79. The predicted molar refractivity (Wildman–Crippen MR) is 70.3 cm³/mol. The van der Waals surface area contributed by atoms with Gasteiger partial charge in [0.25, 0.3) is 0 Å². The molecule has 0 aromatic carbocycles. The average molecular weight is 243 g/mol. The molecule has 3 rings (SSSR count). The summed E-state index contributed by atoms with van der Waals surface area (Å²) in [6, 6.07) is 2.47. The fourth-order valence-electron chi connectivity index (χ4n) is 2.43. The Balaban J connectivity index is 1.94. The Morgan fingerprint density at radius 1 is 1.39 bits per heavy atom. The summed E-state index contributed by atoms with van der Waals surface area (Å²) in [4.78, 5) is 11.3. The predicted octanol–water partition coefficient (Wildman–Crippen LogP) is 1.87. The maximum Gasteiger partial charge on any atom is 0.226 e. The third-order valence-corrected chi connectivity index (χ3v) is 3.45. The number of rotatable bonds is 2. The van der Waals surface area contributed by atoms with Gasteiger partial charge in [-0.25, -0.2) is 9.97 Å². The Labute approximate surface area is 106 Å². The van der Waals surface area contributed by atoms with Crippen molar-refractivity contribution in [3.8, 4) is 11.3 Å². The Bertz CT molecular complexity index is 548. The molecule has 1 unspecified atom stereocenters. The maximum atomic E-state index is 4.65. The minimum absolute atomic E-state index is 0.536. The van der Waals surface area contributed by atoms with Gasteiger partial charge in [0.1, 0.15) is 0 Å². The number of anilines is 1. The van der Waals surface area contributed by atoms with Crippen LogP contribution >= 0.6 is 0 Å². The summed E-state index contributed by atoms with van der Waals surface area (Å²) in [6.45, 7) is 3.28. The second kappa shape index (κ2) is 4.40. The van der Waals surface area contributed by atoms with E-state index in [4.69, 9.17) is 0 Å². The van der Waals surface area contributed by atoms with Gasteiger partial charge in [-0.2, -0.15) is 5.10 Å². The van der Waals surface area contributed by atoms with E-state index < -0.39 is 0 Å². The van der Waals surface area contributed by atoms with Crippen LogP contribution in [0.5, 0.6) is 0 Å². The molecule has 0 saturated carbocycles. The van der Waals surface area contributed by atoms with E-state index in [0.29, 0.717) is 6.04 Å². The number of hydrogen-bond acceptors (Lipinski definition) is 4. The number of hydrogen-bond donors (Lipinski definition) is 0. The molecule has 1 fully saturated rings. The minimum Gasteiger partial charge on any atom is -0.338 e. The molecule has 0 radical (unpaired) electrons. The quantitative estimate of drug-likeness (QED) is 0.807. The van der Waals surface area contributed by atoms with E-state index in [1.165, 1.54) is 12.8 Å². The van der Waals surface area contributed by atoms with E-state index >= 15 is 0 Å². The third-order valence-electron chi connectivity index (χ3n) is 3.45. The van der Waals surface area contributed by atoms with Crippen LogP contribution in [0.25, 0.3) is 11.3 Å². The van der Waals surface area contributed by atoms with E-state index in [2.05, 4.69) is 26.9 Å². The van der Waals surface area contributed by atoms with Crippen molar-refractivity contribution >= 4 is 5.95 Å². The Morgan fingerprint density at radius 3 is 2.94 bits per heavy atom. The maximum absolute atomic E-state index is 4.65. The number of nitrogens with zero attached hydrogens (tertiary/aromatic N) is 5. The fourth-order valence-corrected chi connectivity index (χ4v) is 2.43. The second-order valence-corrected chi connectivity index (χ2v) is 4.83. The SMILES string of the molecule is CC1CCCN1c1nccc(-c2cnn(C)c2)n1. The summed E-state index contributed by atoms with van der Waals surface area (Å²) in [7, 11) is 1.91. The molecule has 3 heterocycles. The van der Waals surface area contributed by atoms with Gasteiger partial charge in [-0.3, -0.25) is 4.68 Å². The van der Waals surface area contributed by atoms with Gasteiger partial charge < -0.3 is 4.90 Å².